The number of aromatic nitrogens is 1. The first kappa shape index (κ1) is 18.2. The Hall–Kier alpha value is -2.18. The fraction of sp³-hybridized carbons (Fsp3) is 0.524. The van der Waals surface area contributed by atoms with E-state index >= 15 is 0 Å². The van der Waals surface area contributed by atoms with E-state index in [0.29, 0.717) is 24.0 Å². The third-order valence-corrected chi connectivity index (χ3v) is 5.38. The van der Waals surface area contributed by atoms with Crippen LogP contribution in [0.15, 0.2) is 34.9 Å². The monoisotopic (exact) mass is 368 g/mol. The van der Waals surface area contributed by atoms with Crippen LogP contribution in [-0.4, -0.2) is 53.4 Å². The number of hydrogen-bond donors (Lipinski definition) is 1. The lowest BCUT2D eigenvalue weighted by Crippen LogP contribution is -2.45. The average Bonchev–Trinajstić information content (AvgIpc) is 3.40. The normalized spacial score (nSPS) is 18.6. The van der Waals surface area contributed by atoms with Gasteiger partial charge < -0.3 is 9.73 Å². The van der Waals surface area contributed by atoms with Gasteiger partial charge in [0, 0.05) is 39.3 Å². The van der Waals surface area contributed by atoms with Crippen molar-refractivity contribution in [3.63, 3.8) is 0 Å². The van der Waals surface area contributed by atoms with E-state index in [1.165, 1.54) is 30.2 Å². The van der Waals surface area contributed by atoms with Crippen molar-refractivity contribution in [2.45, 2.75) is 32.9 Å². The van der Waals surface area contributed by atoms with Crippen LogP contribution >= 0.6 is 0 Å². The number of carbonyl (C=O) groups excluding carboxylic acids is 1. The molecular weight excluding hydrogens is 340 g/mol. The number of oxazole rings is 1. The minimum atomic E-state index is -0.125. The summed E-state index contributed by atoms with van der Waals surface area (Å²) in [5.74, 6) is 1.16. The Morgan fingerprint density at radius 2 is 1.78 bits per heavy atom. The molecule has 27 heavy (non-hydrogen) atoms. The maximum absolute atomic E-state index is 12.1. The van der Waals surface area contributed by atoms with Crippen molar-refractivity contribution in [1.29, 1.82) is 0 Å². The van der Waals surface area contributed by atoms with Gasteiger partial charge in [-0.3, -0.25) is 14.6 Å². The molecule has 1 N–H and O–H groups in total. The summed E-state index contributed by atoms with van der Waals surface area (Å²) in [7, 11) is 0. The minimum Gasteiger partial charge on any atom is -0.447 e. The summed E-state index contributed by atoms with van der Waals surface area (Å²) in [5.41, 5.74) is 3.06. The molecule has 2 fully saturated rings. The summed E-state index contributed by atoms with van der Waals surface area (Å²) in [6.07, 6.45) is 3.92. The molecule has 0 unspecified atom stereocenters. The zero-order valence-electron chi connectivity index (χ0n) is 16.0. The second-order valence-electron chi connectivity index (χ2n) is 7.82. The summed E-state index contributed by atoms with van der Waals surface area (Å²) in [5, 5.41) is 2.93. The highest BCUT2D eigenvalue weighted by Crippen LogP contribution is 2.27. The van der Waals surface area contributed by atoms with E-state index in [9.17, 15) is 4.79 Å². The lowest BCUT2D eigenvalue weighted by Gasteiger charge is -2.34. The first-order valence-electron chi connectivity index (χ1n) is 9.88. The van der Waals surface area contributed by atoms with Crippen LogP contribution < -0.4 is 5.32 Å². The molecule has 1 aromatic heterocycles. The Labute approximate surface area is 160 Å². The molecule has 0 spiro atoms. The molecule has 1 amide bonds. The van der Waals surface area contributed by atoms with Crippen molar-refractivity contribution in [3.05, 3.63) is 53.2 Å². The largest absolute Gasteiger partial charge is 0.447 e. The molecule has 1 aliphatic carbocycles. The van der Waals surface area contributed by atoms with Gasteiger partial charge in [0.15, 0.2) is 5.69 Å². The number of aryl methyl sites for hydroxylation is 1. The van der Waals surface area contributed by atoms with E-state index in [0.717, 1.165) is 39.3 Å². The zero-order valence-corrected chi connectivity index (χ0v) is 16.0. The van der Waals surface area contributed by atoms with Gasteiger partial charge in [0.25, 0.3) is 5.91 Å². The molecule has 2 aromatic rings. The van der Waals surface area contributed by atoms with Crippen LogP contribution in [0.2, 0.25) is 0 Å². The molecule has 1 saturated heterocycles. The molecule has 1 aromatic carbocycles. The summed E-state index contributed by atoms with van der Waals surface area (Å²) in [6.45, 7) is 8.56. The van der Waals surface area contributed by atoms with Gasteiger partial charge in [0.05, 0.1) is 6.54 Å². The number of nitrogens with zero attached hydrogens (tertiary/aromatic N) is 3. The van der Waals surface area contributed by atoms with Gasteiger partial charge >= 0.3 is 0 Å². The number of amides is 1. The van der Waals surface area contributed by atoms with E-state index in [2.05, 4.69) is 51.3 Å². The number of piperazine rings is 1. The Bertz CT molecular complexity index is 759. The molecule has 6 heteroatoms. The predicted octanol–water partition coefficient (Wildman–Crippen LogP) is 2.44. The summed E-state index contributed by atoms with van der Waals surface area (Å²) < 4.78 is 5.52. The van der Waals surface area contributed by atoms with Crippen molar-refractivity contribution >= 4 is 5.91 Å². The van der Waals surface area contributed by atoms with Gasteiger partial charge in [-0.05, 0) is 31.2 Å². The molecule has 144 valence electrons. The molecule has 2 heterocycles. The van der Waals surface area contributed by atoms with E-state index in [-0.39, 0.29) is 5.91 Å². The SMILES string of the molecule is Cc1ccc(CN2CCN(Cc3nc(C(=O)NCC4CC4)co3)CC2)cc1. The smallest absolute Gasteiger partial charge is 0.273 e. The van der Waals surface area contributed by atoms with Gasteiger partial charge in [-0.25, -0.2) is 4.98 Å². The van der Waals surface area contributed by atoms with Crippen molar-refractivity contribution in [1.82, 2.24) is 20.1 Å². The van der Waals surface area contributed by atoms with Crippen molar-refractivity contribution < 1.29 is 9.21 Å². The molecule has 0 radical (unpaired) electrons. The lowest BCUT2D eigenvalue weighted by atomic mass is 10.1. The van der Waals surface area contributed by atoms with E-state index in [1.807, 2.05) is 0 Å². The fourth-order valence-electron chi connectivity index (χ4n) is 3.39. The summed E-state index contributed by atoms with van der Waals surface area (Å²) >= 11 is 0. The molecule has 2 aliphatic rings. The third-order valence-electron chi connectivity index (χ3n) is 5.38. The fourth-order valence-corrected chi connectivity index (χ4v) is 3.39. The van der Waals surface area contributed by atoms with Crippen molar-refractivity contribution in [3.8, 4) is 0 Å². The molecule has 0 bridgehead atoms. The summed E-state index contributed by atoms with van der Waals surface area (Å²) in [6, 6.07) is 8.77. The van der Waals surface area contributed by atoms with Gasteiger partial charge in [-0.1, -0.05) is 29.8 Å². The molecule has 0 atom stereocenters. The standard InChI is InChI=1S/C21H28N4O2/c1-16-2-4-18(5-3-16)13-24-8-10-25(11-9-24)14-20-23-19(15-27-20)21(26)22-12-17-6-7-17/h2-5,15,17H,6-14H2,1H3,(H,22,26). The van der Waals surface area contributed by atoms with Gasteiger partial charge in [-0.15, -0.1) is 0 Å². The van der Waals surface area contributed by atoms with Gasteiger partial charge in [-0.2, -0.15) is 0 Å². The first-order valence-corrected chi connectivity index (χ1v) is 9.88. The molecule has 1 saturated carbocycles. The van der Waals surface area contributed by atoms with Crippen LogP contribution in [0.25, 0.3) is 0 Å². The van der Waals surface area contributed by atoms with Crippen molar-refractivity contribution in [2.75, 3.05) is 32.7 Å². The number of hydrogen-bond acceptors (Lipinski definition) is 5. The Kier molecular flexibility index (Phi) is 5.55. The highest BCUT2D eigenvalue weighted by atomic mass is 16.3. The Balaban J connectivity index is 1.22. The highest BCUT2D eigenvalue weighted by molar-refractivity contribution is 5.91. The topological polar surface area (TPSA) is 61.6 Å². The quantitative estimate of drug-likeness (QED) is 0.813. The van der Waals surface area contributed by atoms with E-state index < -0.39 is 0 Å². The maximum Gasteiger partial charge on any atom is 0.273 e. The third kappa shape index (κ3) is 5.17. The lowest BCUT2D eigenvalue weighted by molar-refractivity contribution is 0.0946. The highest BCUT2D eigenvalue weighted by Gasteiger charge is 2.23. The van der Waals surface area contributed by atoms with E-state index in [1.54, 1.807) is 0 Å². The first-order chi connectivity index (χ1) is 13.2. The second-order valence-corrected chi connectivity index (χ2v) is 7.82. The predicted molar refractivity (Wildman–Crippen MR) is 103 cm³/mol. The van der Waals surface area contributed by atoms with E-state index in [4.69, 9.17) is 4.42 Å². The molecule has 6 nitrogen and oxygen atoms in total. The zero-order chi connectivity index (χ0) is 18.6. The number of rotatable bonds is 7. The summed E-state index contributed by atoms with van der Waals surface area (Å²) in [4.78, 5) is 21.2. The van der Waals surface area contributed by atoms with Crippen LogP contribution in [0, 0.1) is 12.8 Å². The molecular formula is C21H28N4O2. The Morgan fingerprint density at radius 1 is 1.11 bits per heavy atom. The number of nitrogens with one attached hydrogen (secondary N) is 1. The molecule has 4 rings (SSSR count). The van der Waals surface area contributed by atoms with Gasteiger partial charge in [0.1, 0.15) is 6.26 Å². The van der Waals surface area contributed by atoms with Gasteiger partial charge in [0.2, 0.25) is 5.89 Å². The maximum atomic E-state index is 12.1. The number of benzene rings is 1. The Morgan fingerprint density at radius 3 is 2.44 bits per heavy atom. The van der Waals surface area contributed by atoms with Crippen LogP contribution in [0.5, 0.6) is 0 Å². The number of carbonyl (C=O) groups is 1. The van der Waals surface area contributed by atoms with Crippen molar-refractivity contribution in [2.24, 2.45) is 5.92 Å². The van der Waals surface area contributed by atoms with Crippen LogP contribution in [-0.2, 0) is 13.1 Å². The molecule has 1 aliphatic heterocycles. The van der Waals surface area contributed by atoms with Crippen LogP contribution in [0.4, 0.5) is 0 Å². The van der Waals surface area contributed by atoms with Crippen LogP contribution in [0.1, 0.15) is 40.3 Å². The average molecular weight is 368 g/mol. The second kappa shape index (κ2) is 8.23. The van der Waals surface area contributed by atoms with Crippen LogP contribution in [0.3, 0.4) is 0 Å². The minimum absolute atomic E-state index is 0.125.